The monoisotopic (exact) mass is 354 g/mol. The highest BCUT2D eigenvalue weighted by Gasteiger charge is 2.15. The lowest BCUT2D eigenvalue weighted by Crippen LogP contribution is -2.05. The molecule has 1 heterocycles. The van der Waals surface area contributed by atoms with Gasteiger partial charge in [0.1, 0.15) is 11.5 Å². The highest BCUT2D eigenvalue weighted by atomic mass is 16.6. The van der Waals surface area contributed by atoms with Crippen molar-refractivity contribution in [3.05, 3.63) is 60.0 Å². The maximum Gasteiger partial charge on any atom is 0.338 e. The smallest absolute Gasteiger partial charge is 0.338 e. The lowest BCUT2D eigenvalue weighted by molar-refractivity contribution is 0.0429. The molecular formula is C19H18N2O5. The number of rotatable bonds is 7. The molecule has 2 aromatic carbocycles. The summed E-state index contributed by atoms with van der Waals surface area (Å²) < 4.78 is 21.0. The normalized spacial score (nSPS) is 10.4. The minimum Gasteiger partial charge on any atom is -0.497 e. The number of carbonyl (C=O) groups excluding carboxylic acids is 1. The molecule has 26 heavy (non-hydrogen) atoms. The number of aromatic nitrogens is 2. The van der Waals surface area contributed by atoms with E-state index in [-0.39, 0.29) is 12.5 Å². The molecule has 0 saturated heterocycles. The molecule has 7 nitrogen and oxygen atoms in total. The van der Waals surface area contributed by atoms with Gasteiger partial charge in [-0.2, -0.15) is 4.98 Å². The van der Waals surface area contributed by atoms with Crippen molar-refractivity contribution in [2.24, 2.45) is 0 Å². The third-order valence-electron chi connectivity index (χ3n) is 3.53. The second-order valence-electron chi connectivity index (χ2n) is 5.25. The maximum absolute atomic E-state index is 12.1. The summed E-state index contributed by atoms with van der Waals surface area (Å²) in [5.74, 6) is 1.31. The van der Waals surface area contributed by atoms with Crippen LogP contribution in [-0.4, -0.2) is 29.8 Å². The molecule has 0 unspecified atom stereocenters. The van der Waals surface area contributed by atoms with E-state index in [1.165, 1.54) is 7.11 Å². The number of carbonyl (C=O) groups is 1. The van der Waals surface area contributed by atoms with Crippen molar-refractivity contribution < 1.29 is 23.5 Å². The van der Waals surface area contributed by atoms with Gasteiger partial charge in [0, 0.05) is 0 Å². The third-order valence-corrected chi connectivity index (χ3v) is 3.53. The van der Waals surface area contributed by atoms with Gasteiger partial charge in [-0.15, -0.1) is 0 Å². The highest BCUT2D eigenvalue weighted by Crippen LogP contribution is 2.27. The molecule has 7 heteroatoms. The number of hydrogen-bond donors (Lipinski definition) is 0. The molecule has 0 aliphatic rings. The number of methoxy groups -OCH3 is 1. The van der Waals surface area contributed by atoms with E-state index < -0.39 is 5.97 Å². The number of nitrogens with zero attached hydrogens (tertiary/aromatic N) is 2. The Morgan fingerprint density at radius 1 is 1.15 bits per heavy atom. The van der Waals surface area contributed by atoms with Crippen LogP contribution in [0.5, 0.6) is 11.5 Å². The standard InChI is InChI=1S/C19H18N2O5/c1-3-24-16-10-5-4-9-15(16)18-20-17(26-21-18)12-25-19(22)13-7-6-8-14(11-13)23-2/h4-11H,3,12H2,1-2H3. The van der Waals surface area contributed by atoms with E-state index in [9.17, 15) is 4.79 Å². The van der Waals surface area contributed by atoms with E-state index >= 15 is 0 Å². The molecule has 0 aliphatic carbocycles. The molecule has 134 valence electrons. The molecule has 0 aliphatic heterocycles. The molecule has 0 amide bonds. The van der Waals surface area contributed by atoms with Crippen LogP contribution in [0, 0.1) is 0 Å². The van der Waals surface area contributed by atoms with Gasteiger partial charge in [0.15, 0.2) is 6.61 Å². The summed E-state index contributed by atoms with van der Waals surface area (Å²) in [5, 5.41) is 3.93. The molecule has 0 N–H and O–H groups in total. The van der Waals surface area contributed by atoms with E-state index in [1.807, 2.05) is 31.2 Å². The Bertz CT molecular complexity index is 891. The fourth-order valence-electron chi connectivity index (χ4n) is 2.32. The lowest BCUT2D eigenvalue weighted by atomic mass is 10.2. The van der Waals surface area contributed by atoms with E-state index in [1.54, 1.807) is 24.3 Å². The zero-order chi connectivity index (χ0) is 18.4. The van der Waals surface area contributed by atoms with Crippen molar-refractivity contribution in [2.45, 2.75) is 13.5 Å². The highest BCUT2D eigenvalue weighted by molar-refractivity contribution is 5.89. The largest absolute Gasteiger partial charge is 0.497 e. The van der Waals surface area contributed by atoms with Crippen LogP contribution in [-0.2, 0) is 11.3 Å². The lowest BCUT2D eigenvalue weighted by Gasteiger charge is -2.06. The van der Waals surface area contributed by atoms with E-state index in [4.69, 9.17) is 18.7 Å². The maximum atomic E-state index is 12.1. The molecular weight excluding hydrogens is 336 g/mol. The second-order valence-corrected chi connectivity index (χ2v) is 5.25. The van der Waals surface area contributed by atoms with E-state index in [2.05, 4.69) is 10.1 Å². The molecule has 1 aromatic heterocycles. The Morgan fingerprint density at radius 3 is 2.81 bits per heavy atom. The average Bonchev–Trinajstić information content (AvgIpc) is 3.15. The van der Waals surface area contributed by atoms with Crippen molar-refractivity contribution in [1.82, 2.24) is 10.1 Å². The first-order chi connectivity index (χ1) is 12.7. The SMILES string of the molecule is CCOc1ccccc1-c1noc(COC(=O)c2cccc(OC)c2)n1. The summed E-state index contributed by atoms with van der Waals surface area (Å²) in [7, 11) is 1.53. The Labute approximate surface area is 150 Å². The zero-order valence-corrected chi connectivity index (χ0v) is 14.5. The van der Waals surface area contributed by atoms with E-state index in [0.717, 1.165) is 0 Å². The summed E-state index contributed by atoms with van der Waals surface area (Å²) in [4.78, 5) is 16.4. The summed E-state index contributed by atoms with van der Waals surface area (Å²) >= 11 is 0. The van der Waals surface area contributed by atoms with Crippen molar-refractivity contribution in [1.29, 1.82) is 0 Å². The van der Waals surface area contributed by atoms with Crippen LogP contribution in [0.15, 0.2) is 53.1 Å². The number of benzene rings is 2. The number of esters is 1. The predicted molar refractivity (Wildman–Crippen MR) is 93.0 cm³/mol. The summed E-state index contributed by atoms with van der Waals surface area (Å²) in [6.45, 7) is 2.30. The van der Waals surface area contributed by atoms with Crippen LogP contribution in [0.1, 0.15) is 23.2 Å². The van der Waals surface area contributed by atoms with Crippen molar-refractivity contribution in [3.8, 4) is 22.9 Å². The number of ether oxygens (including phenoxy) is 3. The minimum absolute atomic E-state index is 0.125. The van der Waals surface area contributed by atoms with Crippen molar-refractivity contribution in [2.75, 3.05) is 13.7 Å². The third kappa shape index (κ3) is 4.00. The summed E-state index contributed by atoms with van der Waals surface area (Å²) in [6.07, 6.45) is 0. The Morgan fingerprint density at radius 2 is 2.00 bits per heavy atom. The van der Waals surface area contributed by atoms with Crippen LogP contribution >= 0.6 is 0 Å². The van der Waals surface area contributed by atoms with Gasteiger partial charge in [-0.25, -0.2) is 4.79 Å². The van der Waals surface area contributed by atoms with Gasteiger partial charge in [0.25, 0.3) is 5.89 Å². The number of para-hydroxylation sites is 1. The molecule has 0 radical (unpaired) electrons. The first-order valence-corrected chi connectivity index (χ1v) is 8.07. The van der Waals surface area contributed by atoms with Crippen molar-refractivity contribution in [3.63, 3.8) is 0 Å². The quantitative estimate of drug-likeness (QED) is 0.600. The zero-order valence-electron chi connectivity index (χ0n) is 14.5. The molecule has 0 fully saturated rings. The second kappa shape index (κ2) is 8.15. The van der Waals surface area contributed by atoms with Gasteiger partial charge in [0.05, 0.1) is 24.8 Å². The molecule has 3 aromatic rings. The molecule has 0 spiro atoms. The van der Waals surface area contributed by atoms with Gasteiger partial charge in [-0.1, -0.05) is 23.4 Å². The van der Waals surface area contributed by atoms with Gasteiger partial charge in [0.2, 0.25) is 5.82 Å². The van der Waals surface area contributed by atoms with Gasteiger partial charge < -0.3 is 18.7 Å². The fourth-order valence-corrected chi connectivity index (χ4v) is 2.32. The Kier molecular flexibility index (Phi) is 5.48. The van der Waals surface area contributed by atoms with E-state index in [0.29, 0.717) is 35.1 Å². The van der Waals surface area contributed by atoms with Crippen LogP contribution in [0.3, 0.4) is 0 Å². The van der Waals surface area contributed by atoms with Gasteiger partial charge in [-0.3, -0.25) is 0 Å². The Hall–Kier alpha value is -3.35. The van der Waals surface area contributed by atoms with Gasteiger partial charge >= 0.3 is 5.97 Å². The molecule has 0 bridgehead atoms. The first-order valence-electron chi connectivity index (χ1n) is 8.07. The molecule has 3 rings (SSSR count). The first kappa shape index (κ1) is 17.5. The topological polar surface area (TPSA) is 83.7 Å². The van der Waals surface area contributed by atoms with Gasteiger partial charge in [-0.05, 0) is 37.3 Å². The van der Waals surface area contributed by atoms with Crippen LogP contribution in [0.25, 0.3) is 11.4 Å². The molecule has 0 saturated carbocycles. The Balaban J connectivity index is 1.68. The van der Waals surface area contributed by atoms with Crippen LogP contribution in [0.4, 0.5) is 0 Å². The summed E-state index contributed by atoms with van der Waals surface area (Å²) in [5.41, 5.74) is 1.09. The predicted octanol–water partition coefficient (Wildman–Crippen LogP) is 3.50. The van der Waals surface area contributed by atoms with Crippen LogP contribution < -0.4 is 9.47 Å². The van der Waals surface area contributed by atoms with Crippen LogP contribution in [0.2, 0.25) is 0 Å². The molecule has 0 atom stereocenters. The minimum atomic E-state index is -0.502. The fraction of sp³-hybridized carbons (Fsp3) is 0.211. The number of hydrogen-bond acceptors (Lipinski definition) is 7. The summed E-state index contributed by atoms with van der Waals surface area (Å²) in [6, 6.07) is 14.1. The van der Waals surface area contributed by atoms with Crippen molar-refractivity contribution >= 4 is 5.97 Å². The average molecular weight is 354 g/mol.